The highest BCUT2D eigenvalue weighted by atomic mass is 16.3. The van der Waals surface area contributed by atoms with Gasteiger partial charge >= 0.3 is 0 Å². The second kappa shape index (κ2) is 4.18. The Morgan fingerprint density at radius 3 is 2.60 bits per heavy atom. The molecule has 0 aromatic heterocycles. The summed E-state index contributed by atoms with van der Waals surface area (Å²) in [7, 11) is 0. The molecule has 3 atom stereocenters. The van der Waals surface area contributed by atoms with Gasteiger partial charge in [0, 0.05) is 18.0 Å². The van der Waals surface area contributed by atoms with Crippen molar-refractivity contribution < 1.29 is 5.11 Å². The van der Waals surface area contributed by atoms with Crippen molar-refractivity contribution in [1.82, 2.24) is 5.32 Å². The minimum atomic E-state index is -0.426. The number of nitrogens with one attached hydrogen (secondary N) is 1. The summed E-state index contributed by atoms with van der Waals surface area (Å²) in [5, 5.41) is 14.5. The Bertz CT molecular complexity index is 666. The first-order chi connectivity index (χ1) is 9.69. The lowest BCUT2D eigenvalue weighted by molar-refractivity contribution is 0.120. The smallest absolute Gasteiger partial charge is 0.0873 e. The highest BCUT2D eigenvalue weighted by Crippen LogP contribution is 2.45. The second-order valence-corrected chi connectivity index (χ2v) is 6.23. The van der Waals surface area contributed by atoms with Gasteiger partial charge in [-0.2, -0.15) is 0 Å². The lowest BCUT2D eigenvalue weighted by Gasteiger charge is -2.45. The molecule has 2 unspecified atom stereocenters. The van der Waals surface area contributed by atoms with Crippen LogP contribution in [0, 0.1) is 0 Å². The number of benzene rings is 2. The van der Waals surface area contributed by atoms with Crippen LogP contribution in [0.2, 0.25) is 0 Å². The van der Waals surface area contributed by atoms with E-state index in [1.54, 1.807) is 0 Å². The van der Waals surface area contributed by atoms with Gasteiger partial charge in [-0.1, -0.05) is 48.5 Å². The largest absolute Gasteiger partial charge is 0.388 e. The van der Waals surface area contributed by atoms with Gasteiger partial charge in [-0.05, 0) is 35.6 Å². The minimum absolute atomic E-state index is 0.0384. The normalized spacial score (nSPS) is 31.1. The van der Waals surface area contributed by atoms with E-state index in [1.807, 2.05) is 6.07 Å². The molecule has 20 heavy (non-hydrogen) atoms. The van der Waals surface area contributed by atoms with Gasteiger partial charge in [0.1, 0.15) is 0 Å². The molecule has 2 nitrogen and oxygen atoms in total. The summed E-state index contributed by atoms with van der Waals surface area (Å²) < 4.78 is 0. The Hall–Kier alpha value is -1.64. The SMILES string of the molecule is CC12Cc3ccccc3[C@@H](O)C(CN1)c1ccccc12. The number of fused-ring (bicyclic) bond motifs is 1. The number of rotatable bonds is 0. The number of aliphatic hydroxyl groups excluding tert-OH is 1. The Labute approximate surface area is 119 Å². The third kappa shape index (κ3) is 1.58. The molecule has 0 spiro atoms. The van der Waals surface area contributed by atoms with Crippen LogP contribution in [0.4, 0.5) is 0 Å². The van der Waals surface area contributed by atoms with E-state index in [1.165, 1.54) is 16.7 Å². The summed E-state index contributed by atoms with van der Waals surface area (Å²) in [6, 6.07) is 16.9. The van der Waals surface area contributed by atoms with E-state index in [0.29, 0.717) is 0 Å². The van der Waals surface area contributed by atoms with E-state index in [0.717, 1.165) is 18.5 Å². The van der Waals surface area contributed by atoms with Gasteiger partial charge in [-0.15, -0.1) is 0 Å². The lowest BCUT2D eigenvalue weighted by atomic mass is 9.70. The van der Waals surface area contributed by atoms with E-state index < -0.39 is 6.10 Å². The standard InChI is InChI=1S/C18H19NO/c1-18-10-12-6-2-3-7-13(12)17(20)15(11-19-18)14-8-4-5-9-16(14)18/h2-9,15,17,19-20H,10-11H2,1H3/t15?,17-,18?/m1/s1. The summed E-state index contributed by atoms with van der Waals surface area (Å²) in [5.74, 6) is 0.140. The molecule has 0 amide bonds. The van der Waals surface area contributed by atoms with Crippen LogP contribution in [0.1, 0.15) is 41.2 Å². The van der Waals surface area contributed by atoms with Gasteiger partial charge in [0.15, 0.2) is 0 Å². The predicted molar refractivity (Wildman–Crippen MR) is 79.6 cm³/mol. The molecule has 0 fully saturated rings. The Morgan fingerprint density at radius 2 is 1.75 bits per heavy atom. The summed E-state index contributed by atoms with van der Waals surface area (Å²) >= 11 is 0. The quantitative estimate of drug-likeness (QED) is 0.767. The first-order valence-corrected chi connectivity index (χ1v) is 7.29. The molecule has 2 aromatic rings. The van der Waals surface area contributed by atoms with Crippen LogP contribution >= 0.6 is 0 Å². The molecule has 2 heteroatoms. The molecule has 2 aromatic carbocycles. The van der Waals surface area contributed by atoms with Crippen LogP contribution in [-0.4, -0.2) is 11.7 Å². The zero-order chi connectivity index (χ0) is 13.7. The summed E-state index contributed by atoms with van der Waals surface area (Å²) in [6.45, 7) is 3.11. The number of aliphatic hydroxyl groups is 1. The number of hydrogen-bond acceptors (Lipinski definition) is 2. The van der Waals surface area contributed by atoms with E-state index in [-0.39, 0.29) is 11.5 Å². The third-order valence-electron chi connectivity index (χ3n) is 4.97. The molecule has 2 bridgehead atoms. The molecule has 2 aliphatic heterocycles. The van der Waals surface area contributed by atoms with Crippen molar-refractivity contribution in [2.45, 2.75) is 30.9 Å². The van der Waals surface area contributed by atoms with Crippen LogP contribution in [-0.2, 0) is 12.0 Å². The van der Waals surface area contributed by atoms with Crippen LogP contribution in [0.15, 0.2) is 48.5 Å². The highest BCUT2D eigenvalue weighted by Gasteiger charge is 2.41. The molecule has 0 saturated carbocycles. The van der Waals surface area contributed by atoms with Crippen molar-refractivity contribution >= 4 is 0 Å². The van der Waals surface area contributed by atoms with E-state index in [2.05, 4.69) is 54.7 Å². The zero-order valence-corrected chi connectivity index (χ0v) is 11.6. The van der Waals surface area contributed by atoms with Gasteiger partial charge < -0.3 is 10.4 Å². The first kappa shape index (κ1) is 12.1. The van der Waals surface area contributed by atoms with Crippen molar-refractivity contribution in [3.05, 3.63) is 70.8 Å². The van der Waals surface area contributed by atoms with Gasteiger partial charge in [-0.25, -0.2) is 0 Å². The summed E-state index contributed by atoms with van der Waals surface area (Å²) in [4.78, 5) is 0. The monoisotopic (exact) mass is 265 g/mol. The van der Waals surface area contributed by atoms with Crippen LogP contribution in [0.25, 0.3) is 0 Å². The average Bonchev–Trinajstić information content (AvgIpc) is 2.46. The van der Waals surface area contributed by atoms with Crippen molar-refractivity contribution in [3.63, 3.8) is 0 Å². The number of hydrogen-bond donors (Lipinski definition) is 2. The van der Waals surface area contributed by atoms with Gasteiger partial charge in [-0.3, -0.25) is 0 Å². The van der Waals surface area contributed by atoms with Gasteiger partial charge in [0.25, 0.3) is 0 Å². The molecule has 0 saturated heterocycles. The molecule has 102 valence electrons. The van der Waals surface area contributed by atoms with Crippen molar-refractivity contribution in [1.29, 1.82) is 0 Å². The molecule has 3 aliphatic rings. The molecular formula is C18H19NO. The minimum Gasteiger partial charge on any atom is -0.388 e. The molecule has 1 aliphatic carbocycles. The Kier molecular flexibility index (Phi) is 2.53. The molecule has 5 rings (SSSR count). The fourth-order valence-electron chi connectivity index (χ4n) is 3.88. The molecule has 2 N–H and O–H groups in total. The van der Waals surface area contributed by atoms with Crippen molar-refractivity contribution in [2.75, 3.05) is 6.54 Å². The zero-order valence-electron chi connectivity index (χ0n) is 11.6. The maximum Gasteiger partial charge on any atom is 0.0873 e. The third-order valence-corrected chi connectivity index (χ3v) is 4.97. The van der Waals surface area contributed by atoms with E-state index >= 15 is 0 Å². The van der Waals surface area contributed by atoms with Crippen molar-refractivity contribution in [3.8, 4) is 0 Å². The topological polar surface area (TPSA) is 32.3 Å². The van der Waals surface area contributed by atoms with E-state index in [9.17, 15) is 5.11 Å². The maximum absolute atomic E-state index is 10.8. The predicted octanol–water partition coefficient (Wildman–Crippen LogP) is 2.88. The summed E-state index contributed by atoms with van der Waals surface area (Å²) in [6.07, 6.45) is 0.494. The summed E-state index contributed by atoms with van der Waals surface area (Å²) in [5.41, 5.74) is 4.96. The van der Waals surface area contributed by atoms with E-state index in [4.69, 9.17) is 0 Å². The van der Waals surface area contributed by atoms with Crippen LogP contribution in [0.5, 0.6) is 0 Å². The van der Waals surface area contributed by atoms with Crippen molar-refractivity contribution in [2.24, 2.45) is 0 Å². The molecular weight excluding hydrogens is 246 g/mol. The first-order valence-electron chi connectivity index (χ1n) is 7.29. The van der Waals surface area contributed by atoms with Gasteiger partial charge in [0.05, 0.1) is 6.10 Å². The van der Waals surface area contributed by atoms with Crippen LogP contribution < -0.4 is 5.32 Å². The average molecular weight is 265 g/mol. The maximum atomic E-state index is 10.8. The van der Waals surface area contributed by atoms with Gasteiger partial charge in [0.2, 0.25) is 0 Å². The Balaban J connectivity index is 1.97. The second-order valence-electron chi connectivity index (χ2n) is 6.23. The molecule has 0 radical (unpaired) electrons. The fraction of sp³-hybridized carbons (Fsp3) is 0.333. The highest BCUT2D eigenvalue weighted by molar-refractivity contribution is 5.46. The fourth-order valence-corrected chi connectivity index (χ4v) is 3.88. The van der Waals surface area contributed by atoms with Crippen LogP contribution in [0.3, 0.4) is 0 Å². The molecule has 2 heterocycles. The Morgan fingerprint density at radius 1 is 1.05 bits per heavy atom. The lowest BCUT2D eigenvalue weighted by Crippen LogP contribution is -2.50.